The second kappa shape index (κ2) is 14.2. The average Bonchev–Trinajstić information content (AvgIpc) is 2.97. The average molecular weight is 620 g/mol. The van der Waals surface area contributed by atoms with Gasteiger partial charge in [0, 0.05) is 6.54 Å². The Balaban J connectivity index is 1.50. The van der Waals surface area contributed by atoms with Gasteiger partial charge in [-0.25, -0.2) is 4.79 Å². The number of urea groups is 1. The van der Waals surface area contributed by atoms with Crippen molar-refractivity contribution in [1.82, 2.24) is 14.8 Å². The molecule has 0 saturated carbocycles. The van der Waals surface area contributed by atoms with E-state index in [1.165, 1.54) is 4.57 Å². The Morgan fingerprint density at radius 3 is 2.36 bits per heavy atom. The number of halogens is 3. The molecule has 0 saturated heterocycles. The van der Waals surface area contributed by atoms with Gasteiger partial charge in [-0.05, 0) is 119 Å². The summed E-state index contributed by atoms with van der Waals surface area (Å²) in [4.78, 5) is 27.4. The van der Waals surface area contributed by atoms with Crippen molar-refractivity contribution < 1.29 is 22.7 Å². The molecule has 0 bridgehead atoms. The molecule has 2 amide bonds. The second-order valence-electron chi connectivity index (χ2n) is 11.1. The first kappa shape index (κ1) is 33.0. The highest BCUT2D eigenvalue weighted by atomic mass is 19.4. The van der Waals surface area contributed by atoms with Crippen molar-refractivity contribution in [2.45, 2.75) is 39.4 Å². The van der Waals surface area contributed by atoms with Gasteiger partial charge < -0.3 is 30.6 Å². The summed E-state index contributed by atoms with van der Waals surface area (Å²) in [5, 5.41) is 5.49. The third-order valence-electron chi connectivity index (χ3n) is 7.14. The van der Waals surface area contributed by atoms with Crippen LogP contribution in [0.4, 0.5) is 29.3 Å². The summed E-state index contributed by atoms with van der Waals surface area (Å²) in [5.74, 6) is 0.699. The first-order valence-electron chi connectivity index (χ1n) is 14.4. The zero-order valence-corrected chi connectivity index (χ0v) is 25.6. The molecule has 0 fully saturated rings. The minimum atomic E-state index is -4.81. The number of benzene rings is 2. The Kier molecular flexibility index (Phi) is 10.4. The maximum atomic E-state index is 13.8. The van der Waals surface area contributed by atoms with Crippen LogP contribution < -0.4 is 26.7 Å². The summed E-state index contributed by atoms with van der Waals surface area (Å²) in [6.45, 7) is 5.36. The summed E-state index contributed by atoms with van der Waals surface area (Å²) in [7, 11) is 4.00. The number of aryl methyl sites for hydroxylation is 2. The first-order valence-corrected chi connectivity index (χ1v) is 14.4. The number of alkyl halides is 3. The van der Waals surface area contributed by atoms with Crippen molar-refractivity contribution in [1.29, 1.82) is 0 Å². The Hall–Kier alpha value is -4.95. The van der Waals surface area contributed by atoms with Gasteiger partial charge >= 0.3 is 12.2 Å². The highest BCUT2D eigenvalue weighted by Gasteiger charge is 2.35. The number of carbonyl (C=O) groups is 1. The van der Waals surface area contributed by atoms with Gasteiger partial charge in [0.2, 0.25) is 0 Å². The summed E-state index contributed by atoms with van der Waals surface area (Å²) < 4.78 is 48.5. The zero-order valence-electron chi connectivity index (χ0n) is 25.6. The van der Waals surface area contributed by atoms with Crippen LogP contribution in [0.15, 0.2) is 65.5 Å². The van der Waals surface area contributed by atoms with Gasteiger partial charge in [-0.3, -0.25) is 4.79 Å². The van der Waals surface area contributed by atoms with E-state index in [2.05, 4.69) is 27.7 Å². The number of nitrogens with zero attached hydrogens (tertiary/aromatic N) is 2. The zero-order chi connectivity index (χ0) is 32.7. The summed E-state index contributed by atoms with van der Waals surface area (Å²) >= 11 is 0. The predicted octanol–water partition coefficient (Wildman–Crippen LogP) is 6.64. The molecule has 4 rings (SSSR count). The third kappa shape index (κ3) is 8.80. The monoisotopic (exact) mass is 619 g/mol. The Morgan fingerprint density at radius 1 is 1.00 bits per heavy atom. The van der Waals surface area contributed by atoms with Gasteiger partial charge in [0.25, 0.3) is 5.56 Å². The number of nitrogens with two attached hydrogens (primary N) is 1. The number of amides is 2. The molecule has 0 atom stereocenters. The van der Waals surface area contributed by atoms with Crippen molar-refractivity contribution in [2.24, 2.45) is 0 Å². The van der Waals surface area contributed by atoms with E-state index in [9.17, 15) is 22.8 Å². The van der Waals surface area contributed by atoms with Crippen LogP contribution in [0.3, 0.4) is 0 Å². The van der Waals surface area contributed by atoms with Crippen LogP contribution in [0.2, 0.25) is 0 Å². The molecule has 236 valence electrons. The van der Waals surface area contributed by atoms with Crippen LogP contribution in [-0.2, 0) is 12.7 Å². The SMILES string of the molecule is Cc1ccc(Cn2c(-c3ccc(Oc4c#cc(NC(=O)NCCCCN(C)C)cc4)cc3)cc(C(F)(F)F)c(N)c2=O)c(C)c1. The van der Waals surface area contributed by atoms with Gasteiger partial charge in [0.15, 0.2) is 5.75 Å². The molecule has 4 N–H and O–H groups in total. The van der Waals surface area contributed by atoms with Crippen LogP contribution in [0.25, 0.3) is 11.3 Å². The van der Waals surface area contributed by atoms with Gasteiger partial charge in [-0.2, -0.15) is 13.2 Å². The molecule has 45 heavy (non-hydrogen) atoms. The van der Waals surface area contributed by atoms with Crippen LogP contribution in [-0.4, -0.2) is 42.7 Å². The molecule has 8 nitrogen and oxygen atoms in total. The molecular formula is C34H36F3N5O3. The minimum absolute atomic E-state index is 0.0422. The maximum Gasteiger partial charge on any atom is 0.418 e. The van der Waals surface area contributed by atoms with Gasteiger partial charge in [0.05, 0.1) is 23.5 Å². The molecule has 0 unspecified atom stereocenters. The number of anilines is 2. The Bertz CT molecular complexity index is 1680. The fourth-order valence-corrected chi connectivity index (χ4v) is 4.73. The minimum Gasteiger partial charge on any atom is -0.448 e. The standard InChI is InChI=1S/C34H36F3N5O3/c1-22-7-8-25(23(2)19-22)21-42-30(20-29(34(35,36)37)31(38)32(42)43)24-9-13-27(14-10-24)45-28-15-11-26(12-16-28)40-33(44)39-17-5-6-18-41(3)4/h7-11,13-15,19-20H,5-6,17-18,21,38H2,1-4H3,(H2,39,40,44). The van der Waals surface area contributed by atoms with E-state index in [0.29, 0.717) is 29.3 Å². The summed E-state index contributed by atoms with van der Waals surface area (Å²) in [6, 6.07) is 21.4. The van der Waals surface area contributed by atoms with Crippen molar-refractivity contribution in [3.8, 4) is 22.8 Å². The smallest absolute Gasteiger partial charge is 0.418 e. The van der Waals surface area contributed by atoms with E-state index < -0.39 is 23.0 Å². The van der Waals surface area contributed by atoms with Crippen LogP contribution in [0.5, 0.6) is 11.5 Å². The molecule has 0 spiro atoms. The van der Waals surface area contributed by atoms with E-state index in [1.807, 2.05) is 46.1 Å². The van der Waals surface area contributed by atoms with Crippen LogP contribution >= 0.6 is 0 Å². The number of carbonyl (C=O) groups excluding carboxylic acids is 1. The number of rotatable bonds is 11. The van der Waals surface area contributed by atoms with Gasteiger partial charge in [-0.15, -0.1) is 0 Å². The fraction of sp³-hybridized carbons (Fsp3) is 0.294. The number of pyridine rings is 1. The van der Waals surface area contributed by atoms with Crippen LogP contribution in [0, 0.1) is 26.0 Å². The predicted molar refractivity (Wildman–Crippen MR) is 170 cm³/mol. The lowest BCUT2D eigenvalue weighted by Gasteiger charge is -2.19. The number of unbranched alkanes of at least 4 members (excludes halogenated alkanes) is 1. The van der Waals surface area contributed by atoms with Crippen molar-refractivity contribution in [3.05, 3.63) is 105 Å². The van der Waals surface area contributed by atoms with Gasteiger partial charge in [0.1, 0.15) is 11.4 Å². The number of nitrogens with one attached hydrogen (secondary N) is 2. The highest BCUT2D eigenvalue weighted by molar-refractivity contribution is 5.88. The molecule has 0 aliphatic rings. The molecule has 3 aromatic carbocycles. The normalized spacial score (nSPS) is 11.3. The van der Waals surface area contributed by atoms with E-state index >= 15 is 0 Å². The number of ether oxygens (including phenoxy) is 1. The number of hydrogen-bond donors (Lipinski definition) is 3. The van der Waals surface area contributed by atoms with E-state index in [0.717, 1.165) is 42.1 Å². The largest absolute Gasteiger partial charge is 0.448 e. The summed E-state index contributed by atoms with van der Waals surface area (Å²) in [5.41, 5.74) is 6.33. The quantitative estimate of drug-likeness (QED) is 0.164. The molecule has 0 radical (unpaired) electrons. The molecule has 11 heteroatoms. The number of aromatic nitrogens is 1. The van der Waals surface area contributed by atoms with E-state index in [4.69, 9.17) is 10.5 Å². The molecular weight excluding hydrogens is 583 g/mol. The summed E-state index contributed by atoms with van der Waals surface area (Å²) in [6.07, 6.45) is -2.97. The molecule has 1 aromatic heterocycles. The lowest BCUT2D eigenvalue weighted by molar-refractivity contribution is -0.137. The molecule has 4 aromatic rings. The lowest BCUT2D eigenvalue weighted by atomic mass is 10.0. The lowest BCUT2D eigenvalue weighted by Crippen LogP contribution is -2.29. The third-order valence-corrected chi connectivity index (χ3v) is 7.14. The Labute approximate surface area is 260 Å². The Morgan fingerprint density at radius 2 is 1.73 bits per heavy atom. The van der Waals surface area contributed by atoms with Crippen molar-refractivity contribution >= 4 is 17.4 Å². The fourth-order valence-electron chi connectivity index (χ4n) is 4.73. The van der Waals surface area contributed by atoms with E-state index in [1.54, 1.807) is 36.4 Å². The first-order chi connectivity index (χ1) is 21.3. The van der Waals surface area contributed by atoms with Crippen molar-refractivity contribution in [3.63, 3.8) is 0 Å². The topological polar surface area (TPSA) is 102 Å². The van der Waals surface area contributed by atoms with Crippen molar-refractivity contribution in [2.75, 3.05) is 38.2 Å². The highest BCUT2D eigenvalue weighted by Crippen LogP contribution is 2.35. The van der Waals surface area contributed by atoms with Gasteiger partial charge in [-0.1, -0.05) is 23.8 Å². The number of hydrogen-bond acceptors (Lipinski definition) is 5. The number of nitrogen functional groups attached to an aromatic ring is 1. The maximum absolute atomic E-state index is 13.8. The van der Waals surface area contributed by atoms with E-state index in [-0.39, 0.29) is 18.3 Å². The molecule has 0 aliphatic carbocycles. The molecule has 0 aliphatic heterocycles. The van der Waals surface area contributed by atoms with Crippen LogP contribution in [0.1, 0.15) is 35.1 Å². The second-order valence-corrected chi connectivity index (χ2v) is 11.1. The molecule has 1 heterocycles.